The van der Waals surface area contributed by atoms with Gasteiger partial charge in [-0.3, -0.25) is 0 Å². The molecular weight excluding hydrogens is 232 g/mol. The second kappa shape index (κ2) is 6.29. The third kappa shape index (κ3) is 3.29. The van der Waals surface area contributed by atoms with Gasteiger partial charge in [-0.05, 0) is 5.56 Å². The van der Waals surface area contributed by atoms with Gasteiger partial charge in [0, 0.05) is 12.3 Å². The highest BCUT2D eigenvalue weighted by atomic mass is 16.6. The zero-order valence-corrected chi connectivity index (χ0v) is 10.5. The smallest absolute Gasteiger partial charge is 0.157 e. The van der Waals surface area contributed by atoms with E-state index in [1.165, 1.54) is 0 Å². The van der Waals surface area contributed by atoms with Gasteiger partial charge in [0.15, 0.2) is 6.29 Å². The Morgan fingerprint density at radius 3 is 2.72 bits per heavy atom. The Bertz CT molecular complexity index is 354. The molecule has 1 aromatic carbocycles. The minimum Gasteiger partial charge on any atom is -0.394 e. The number of ether oxygens (including phenoxy) is 2. The summed E-state index contributed by atoms with van der Waals surface area (Å²) in [5, 5.41) is 18.8. The Kier molecular flexibility index (Phi) is 4.72. The second-order valence-corrected chi connectivity index (χ2v) is 4.74. The van der Waals surface area contributed by atoms with Gasteiger partial charge in [0.1, 0.15) is 0 Å². The summed E-state index contributed by atoms with van der Waals surface area (Å²) in [5.41, 5.74) is 1.10. The largest absolute Gasteiger partial charge is 0.394 e. The molecular formula is C14H20O4. The summed E-state index contributed by atoms with van der Waals surface area (Å²) in [6, 6.07) is 9.91. The summed E-state index contributed by atoms with van der Waals surface area (Å²) < 4.78 is 11.1. The van der Waals surface area contributed by atoms with Crippen LogP contribution in [0.2, 0.25) is 0 Å². The van der Waals surface area contributed by atoms with Crippen molar-refractivity contribution >= 4 is 0 Å². The first-order chi connectivity index (χ1) is 8.70. The van der Waals surface area contributed by atoms with E-state index in [0.29, 0.717) is 13.0 Å². The molecule has 0 saturated carbocycles. The van der Waals surface area contributed by atoms with Crippen LogP contribution in [-0.2, 0) is 16.1 Å². The van der Waals surface area contributed by atoms with Crippen LogP contribution in [0.15, 0.2) is 30.3 Å². The van der Waals surface area contributed by atoms with Crippen LogP contribution in [0.3, 0.4) is 0 Å². The summed E-state index contributed by atoms with van der Waals surface area (Å²) >= 11 is 0. The molecule has 1 aromatic rings. The van der Waals surface area contributed by atoms with Gasteiger partial charge in [0.25, 0.3) is 0 Å². The molecule has 1 heterocycles. The van der Waals surface area contributed by atoms with Crippen LogP contribution in [0.4, 0.5) is 0 Å². The number of aliphatic hydroxyl groups is 2. The predicted octanol–water partition coefficient (Wildman–Crippen LogP) is 1.31. The number of aliphatic hydroxyl groups excluding tert-OH is 2. The van der Waals surface area contributed by atoms with Gasteiger partial charge in [0.05, 0.1) is 25.4 Å². The van der Waals surface area contributed by atoms with Crippen LogP contribution >= 0.6 is 0 Å². The average Bonchev–Trinajstić information content (AvgIpc) is 2.40. The van der Waals surface area contributed by atoms with Crippen molar-refractivity contribution in [3.05, 3.63) is 35.9 Å². The molecule has 1 aliphatic heterocycles. The Morgan fingerprint density at radius 1 is 1.33 bits per heavy atom. The third-order valence-electron chi connectivity index (χ3n) is 3.43. The molecule has 0 aromatic heterocycles. The molecule has 2 N–H and O–H groups in total. The minimum absolute atomic E-state index is 0.0714. The Morgan fingerprint density at radius 2 is 2.06 bits per heavy atom. The average molecular weight is 252 g/mol. The zero-order chi connectivity index (χ0) is 13.0. The molecule has 100 valence electrons. The molecule has 1 fully saturated rings. The first kappa shape index (κ1) is 13.5. The van der Waals surface area contributed by atoms with E-state index in [1.54, 1.807) is 0 Å². The molecule has 4 heteroatoms. The highest BCUT2D eigenvalue weighted by Gasteiger charge is 2.35. The second-order valence-electron chi connectivity index (χ2n) is 4.74. The van der Waals surface area contributed by atoms with Crippen molar-refractivity contribution in [3.63, 3.8) is 0 Å². The predicted molar refractivity (Wildman–Crippen MR) is 66.8 cm³/mol. The van der Waals surface area contributed by atoms with E-state index in [1.807, 2.05) is 37.3 Å². The zero-order valence-electron chi connectivity index (χ0n) is 10.5. The summed E-state index contributed by atoms with van der Waals surface area (Å²) in [6.07, 6.45) is -0.843. The van der Waals surface area contributed by atoms with Gasteiger partial charge < -0.3 is 19.7 Å². The van der Waals surface area contributed by atoms with Crippen molar-refractivity contribution in [1.29, 1.82) is 0 Å². The molecule has 4 unspecified atom stereocenters. The van der Waals surface area contributed by atoms with Crippen LogP contribution in [0.5, 0.6) is 0 Å². The first-order valence-electron chi connectivity index (χ1n) is 6.30. The molecule has 2 rings (SSSR count). The fraction of sp³-hybridized carbons (Fsp3) is 0.571. The number of hydrogen-bond acceptors (Lipinski definition) is 4. The topological polar surface area (TPSA) is 58.9 Å². The van der Waals surface area contributed by atoms with E-state index >= 15 is 0 Å². The highest BCUT2D eigenvalue weighted by Crippen LogP contribution is 2.27. The van der Waals surface area contributed by atoms with Crippen LogP contribution < -0.4 is 0 Å². The van der Waals surface area contributed by atoms with E-state index in [2.05, 4.69) is 0 Å². The van der Waals surface area contributed by atoms with Crippen molar-refractivity contribution in [2.45, 2.75) is 38.4 Å². The van der Waals surface area contributed by atoms with Crippen LogP contribution in [0, 0.1) is 5.92 Å². The molecule has 0 aliphatic carbocycles. The van der Waals surface area contributed by atoms with Gasteiger partial charge in [0.2, 0.25) is 0 Å². The lowest BCUT2D eigenvalue weighted by atomic mass is 9.93. The molecule has 4 atom stereocenters. The van der Waals surface area contributed by atoms with E-state index in [4.69, 9.17) is 9.47 Å². The number of benzene rings is 1. The molecule has 0 bridgehead atoms. The quantitative estimate of drug-likeness (QED) is 0.848. The maximum absolute atomic E-state index is 9.58. The molecule has 18 heavy (non-hydrogen) atoms. The van der Waals surface area contributed by atoms with Crippen molar-refractivity contribution in [3.8, 4) is 0 Å². The molecule has 0 radical (unpaired) electrons. The van der Waals surface area contributed by atoms with E-state index in [-0.39, 0.29) is 24.7 Å². The normalized spacial score (nSPS) is 32.4. The maximum atomic E-state index is 9.58. The first-order valence-corrected chi connectivity index (χ1v) is 6.30. The Labute approximate surface area is 107 Å². The summed E-state index contributed by atoms with van der Waals surface area (Å²) in [6.45, 7) is 2.40. The van der Waals surface area contributed by atoms with Gasteiger partial charge in [-0.1, -0.05) is 37.3 Å². The van der Waals surface area contributed by atoms with Crippen molar-refractivity contribution in [2.24, 2.45) is 5.92 Å². The lowest BCUT2D eigenvalue weighted by Gasteiger charge is -2.37. The summed E-state index contributed by atoms with van der Waals surface area (Å²) in [7, 11) is 0. The highest BCUT2D eigenvalue weighted by molar-refractivity contribution is 5.13. The Balaban J connectivity index is 1.91. The molecule has 0 spiro atoms. The molecule has 1 aliphatic rings. The lowest BCUT2D eigenvalue weighted by molar-refractivity contribution is -0.229. The van der Waals surface area contributed by atoms with Gasteiger partial charge in [-0.15, -0.1) is 0 Å². The monoisotopic (exact) mass is 252 g/mol. The standard InChI is InChI=1S/C14H20O4/c1-10-12(7-14(16)18-13(10)8-15)17-9-11-5-3-2-4-6-11/h2-6,10,12-16H,7-9H2,1H3. The van der Waals surface area contributed by atoms with E-state index < -0.39 is 6.29 Å². The van der Waals surface area contributed by atoms with E-state index in [9.17, 15) is 10.2 Å². The Hall–Kier alpha value is -0.940. The fourth-order valence-corrected chi connectivity index (χ4v) is 2.24. The number of hydrogen-bond donors (Lipinski definition) is 2. The molecule has 1 saturated heterocycles. The maximum Gasteiger partial charge on any atom is 0.157 e. The third-order valence-corrected chi connectivity index (χ3v) is 3.43. The summed E-state index contributed by atoms with van der Waals surface area (Å²) in [4.78, 5) is 0. The lowest BCUT2D eigenvalue weighted by Crippen LogP contribution is -2.45. The van der Waals surface area contributed by atoms with Gasteiger partial charge >= 0.3 is 0 Å². The molecule has 0 amide bonds. The minimum atomic E-state index is -0.848. The van der Waals surface area contributed by atoms with Crippen LogP contribution in [-0.4, -0.2) is 35.3 Å². The van der Waals surface area contributed by atoms with Crippen molar-refractivity contribution < 1.29 is 19.7 Å². The van der Waals surface area contributed by atoms with Crippen molar-refractivity contribution in [2.75, 3.05) is 6.61 Å². The van der Waals surface area contributed by atoms with Crippen LogP contribution in [0.1, 0.15) is 18.9 Å². The van der Waals surface area contributed by atoms with Crippen LogP contribution in [0.25, 0.3) is 0 Å². The van der Waals surface area contributed by atoms with Gasteiger partial charge in [-0.2, -0.15) is 0 Å². The number of rotatable bonds is 4. The molecule has 4 nitrogen and oxygen atoms in total. The fourth-order valence-electron chi connectivity index (χ4n) is 2.24. The van der Waals surface area contributed by atoms with Gasteiger partial charge in [-0.25, -0.2) is 0 Å². The SMILES string of the molecule is CC1C(OCc2ccccc2)CC(O)OC1CO. The summed E-state index contributed by atoms with van der Waals surface area (Å²) in [5.74, 6) is 0.0714. The van der Waals surface area contributed by atoms with E-state index in [0.717, 1.165) is 5.56 Å². The van der Waals surface area contributed by atoms with Crippen molar-refractivity contribution in [1.82, 2.24) is 0 Å².